The Labute approximate surface area is 116 Å². The molecule has 0 fully saturated rings. The van der Waals surface area contributed by atoms with Crippen LogP contribution in [0.15, 0.2) is 24.3 Å². The van der Waals surface area contributed by atoms with Crippen LogP contribution < -0.4 is 11.3 Å². The number of nitrogens with one attached hydrogen (secondary N) is 1. The van der Waals surface area contributed by atoms with Gasteiger partial charge >= 0.3 is 0 Å². The van der Waals surface area contributed by atoms with Gasteiger partial charge in [-0.1, -0.05) is 45.0 Å². The predicted octanol–water partition coefficient (Wildman–Crippen LogP) is 1.40. The molecule has 19 heavy (non-hydrogen) atoms. The van der Waals surface area contributed by atoms with Gasteiger partial charge in [0.1, 0.15) is 9.84 Å². The molecule has 0 saturated carbocycles. The zero-order valence-electron chi connectivity index (χ0n) is 12.1. The molecule has 1 unspecified atom stereocenters. The molecule has 5 heteroatoms. The summed E-state index contributed by atoms with van der Waals surface area (Å²) in [5.41, 5.74) is 5.04. The third kappa shape index (κ3) is 5.72. The van der Waals surface area contributed by atoms with Gasteiger partial charge in [0.05, 0.1) is 5.75 Å². The number of nitrogens with two attached hydrogens (primary N) is 1. The van der Waals surface area contributed by atoms with Crippen LogP contribution in [0.4, 0.5) is 0 Å². The first-order valence-corrected chi connectivity index (χ1v) is 8.41. The van der Waals surface area contributed by atoms with Gasteiger partial charge < -0.3 is 0 Å². The Kier molecular flexibility index (Phi) is 5.12. The highest BCUT2D eigenvalue weighted by Gasteiger charge is 2.16. The minimum absolute atomic E-state index is 0.0462. The average Bonchev–Trinajstić information content (AvgIpc) is 2.26. The van der Waals surface area contributed by atoms with Crippen molar-refractivity contribution in [2.45, 2.75) is 38.6 Å². The van der Waals surface area contributed by atoms with Crippen LogP contribution >= 0.6 is 0 Å². The summed E-state index contributed by atoms with van der Waals surface area (Å²) in [6.45, 7) is 6.49. The van der Waals surface area contributed by atoms with Crippen LogP contribution in [0.1, 0.15) is 31.9 Å². The lowest BCUT2D eigenvalue weighted by atomic mass is 9.86. The number of sulfone groups is 1. The van der Waals surface area contributed by atoms with Crippen molar-refractivity contribution in [2.75, 3.05) is 12.0 Å². The summed E-state index contributed by atoms with van der Waals surface area (Å²) >= 11 is 0. The number of hydrazine groups is 1. The topological polar surface area (TPSA) is 72.2 Å². The highest BCUT2D eigenvalue weighted by Crippen LogP contribution is 2.22. The van der Waals surface area contributed by atoms with Crippen molar-refractivity contribution < 1.29 is 8.42 Å². The van der Waals surface area contributed by atoms with Crippen molar-refractivity contribution in [2.24, 2.45) is 5.84 Å². The van der Waals surface area contributed by atoms with Gasteiger partial charge in [-0.15, -0.1) is 0 Å². The van der Waals surface area contributed by atoms with E-state index in [2.05, 4.69) is 38.3 Å². The first-order valence-electron chi connectivity index (χ1n) is 6.35. The summed E-state index contributed by atoms with van der Waals surface area (Å²) in [6, 6.07) is 7.99. The van der Waals surface area contributed by atoms with E-state index in [1.165, 1.54) is 11.8 Å². The molecule has 0 amide bonds. The third-order valence-corrected chi connectivity index (χ3v) is 4.05. The normalized spacial score (nSPS) is 14.4. The first-order chi connectivity index (χ1) is 8.62. The van der Waals surface area contributed by atoms with Gasteiger partial charge in [-0.25, -0.2) is 8.42 Å². The molecule has 1 atom stereocenters. The predicted molar refractivity (Wildman–Crippen MR) is 79.7 cm³/mol. The van der Waals surface area contributed by atoms with E-state index < -0.39 is 9.84 Å². The molecule has 1 aromatic rings. The fourth-order valence-corrected chi connectivity index (χ4v) is 2.90. The third-order valence-electron chi connectivity index (χ3n) is 3.04. The van der Waals surface area contributed by atoms with E-state index in [1.807, 2.05) is 12.1 Å². The summed E-state index contributed by atoms with van der Waals surface area (Å²) in [4.78, 5) is 0. The molecule has 0 saturated heterocycles. The van der Waals surface area contributed by atoms with Crippen molar-refractivity contribution in [1.82, 2.24) is 5.43 Å². The smallest absolute Gasteiger partial charge is 0.149 e. The zero-order chi connectivity index (χ0) is 14.7. The summed E-state index contributed by atoms with van der Waals surface area (Å²) < 4.78 is 22.6. The standard InChI is InChI=1S/C14H24N2O2S/c1-14(2,3)12-7-5-11(6-8-12)9-13(16-15)10-19(4,17)18/h5-8,13,16H,9-10,15H2,1-4H3. The van der Waals surface area contributed by atoms with E-state index in [9.17, 15) is 8.42 Å². The second kappa shape index (κ2) is 6.03. The molecule has 108 valence electrons. The van der Waals surface area contributed by atoms with Gasteiger partial charge in [-0.3, -0.25) is 11.3 Å². The van der Waals surface area contributed by atoms with Crippen molar-refractivity contribution in [3.8, 4) is 0 Å². The Morgan fingerprint density at radius 1 is 1.21 bits per heavy atom. The molecular formula is C14H24N2O2S. The molecule has 0 aliphatic rings. The van der Waals surface area contributed by atoms with Crippen molar-refractivity contribution in [1.29, 1.82) is 0 Å². The monoisotopic (exact) mass is 284 g/mol. The first kappa shape index (κ1) is 16.1. The molecule has 0 bridgehead atoms. The van der Waals surface area contributed by atoms with E-state index in [0.29, 0.717) is 6.42 Å². The van der Waals surface area contributed by atoms with Crippen molar-refractivity contribution in [3.63, 3.8) is 0 Å². The van der Waals surface area contributed by atoms with E-state index in [1.54, 1.807) is 0 Å². The fourth-order valence-electron chi connectivity index (χ4n) is 1.96. The molecule has 0 spiro atoms. The van der Waals surface area contributed by atoms with E-state index in [0.717, 1.165) is 5.56 Å². The molecule has 0 aliphatic carbocycles. The van der Waals surface area contributed by atoms with Gasteiger partial charge in [0.25, 0.3) is 0 Å². The number of benzene rings is 1. The van der Waals surface area contributed by atoms with Gasteiger partial charge in [0.15, 0.2) is 0 Å². The molecule has 1 aromatic carbocycles. The SMILES string of the molecule is CC(C)(C)c1ccc(CC(CS(C)(=O)=O)NN)cc1. The summed E-state index contributed by atoms with van der Waals surface area (Å²) in [5, 5.41) is 0. The summed E-state index contributed by atoms with van der Waals surface area (Å²) in [5.74, 6) is 5.46. The van der Waals surface area contributed by atoms with Crippen molar-refractivity contribution in [3.05, 3.63) is 35.4 Å². The highest BCUT2D eigenvalue weighted by atomic mass is 32.2. The molecule has 0 aromatic heterocycles. The Morgan fingerprint density at radius 2 is 1.74 bits per heavy atom. The van der Waals surface area contributed by atoms with Crippen LogP contribution in [0.3, 0.4) is 0 Å². The Bertz CT molecular complexity index is 501. The Balaban J connectivity index is 2.76. The molecule has 0 heterocycles. The minimum atomic E-state index is -3.03. The van der Waals surface area contributed by atoms with Gasteiger partial charge in [0, 0.05) is 12.3 Å². The van der Waals surface area contributed by atoms with E-state index >= 15 is 0 Å². The van der Waals surface area contributed by atoms with Gasteiger partial charge in [-0.05, 0) is 23.0 Å². The second-order valence-corrected chi connectivity index (χ2v) is 8.29. The second-order valence-electron chi connectivity index (χ2n) is 6.11. The molecule has 0 aliphatic heterocycles. The lowest BCUT2D eigenvalue weighted by Gasteiger charge is -2.20. The largest absolute Gasteiger partial charge is 0.271 e. The highest BCUT2D eigenvalue weighted by molar-refractivity contribution is 7.90. The average molecular weight is 284 g/mol. The quantitative estimate of drug-likeness (QED) is 0.633. The molecular weight excluding hydrogens is 260 g/mol. The van der Waals surface area contributed by atoms with Gasteiger partial charge in [-0.2, -0.15) is 0 Å². The summed E-state index contributed by atoms with van der Waals surface area (Å²) in [6.07, 6.45) is 1.83. The van der Waals surface area contributed by atoms with E-state index in [4.69, 9.17) is 5.84 Å². The molecule has 4 nitrogen and oxygen atoms in total. The van der Waals surface area contributed by atoms with Gasteiger partial charge in [0.2, 0.25) is 0 Å². The minimum Gasteiger partial charge on any atom is -0.271 e. The molecule has 3 N–H and O–H groups in total. The number of hydrogen-bond donors (Lipinski definition) is 2. The maximum absolute atomic E-state index is 11.3. The lowest BCUT2D eigenvalue weighted by molar-refractivity contribution is 0.545. The van der Waals surface area contributed by atoms with Crippen LogP contribution in [0.5, 0.6) is 0 Å². The maximum Gasteiger partial charge on any atom is 0.149 e. The van der Waals surface area contributed by atoms with Crippen LogP contribution in [0, 0.1) is 0 Å². The number of hydrogen-bond acceptors (Lipinski definition) is 4. The summed E-state index contributed by atoms with van der Waals surface area (Å²) in [7, 11) is -3.03. The lowest BCUT2D eigenvalue weighted by Crippen LogP contribution is -2.41. The molecule has 0 radical (unpaired) electrons. The Hall–Kier alpha value is -0.910. The Morgan fingerprint density at radius 3 is 2.11 bits per heavy atom. The maximum atomic E-state index is 11.3. The van der Waals surface area contributed by atoms with Crippen LogP contribution in [-0.2, 0) is 21.7 Å². The van der Waals surface area contributed by atoms with Crippen LogP contribution in [0.2, 0.25) is 0 Å². The zero-order valence-corrected chi connectivity index (χ0v) is 12.9. The van der Waals surface area contributed by atoms with Crippen LogP contribution in [-0.4, -0.2) is 26.5 Å². The number of rotatable bonds is 5. The van der Waals surface area contributed by atoms with E-state index in [-0.39, 0.29) is 17.2 Å². The van der Waals surface area contributed by atoms with Crippen molar-refractivity contribution >= 4 is 9.84 Å². The fraction of sp³-hybridized carbons (Fsp3) is 0.571. The van der Waals surface area contributed by atoms with Crippen LogP contribution in [0.25, 0.3) is 0 Å². The molecule has 1 rings (SSSR count).